The summed E-state index contributed by atoms with van der Waals surface area (Å²) in [7, 11) is 0. The van der Waals surface area contributed by atoms with Gasteiger partial charge in [-0.05, 0) is 29.8 Å². The first-order chi connectivity index (χ1) is 8.69. The summed E-state index contributed by atoms with van der Waals surface area (Å²) < 4.78 is 7.81. The van der Waals surface area contributed by atoms with Gasteiger partial charge in [0.05, 0.1) is 0 Å². The lowest BCUT2D eigenvalue weighted by atomic mass is 10.2. The molecule has 94 valence electrons. The van der Waals surface area contributed by atoms with Crippen molar-refractivity contribution in [2.24, 2.45) is 5.73 Å². The molecular formula is C14H13Br2NO. The van der Waals surface area contributed by atoms with Crippen molar-refractivity contribution in [2.75, 3.05) is 0 Å². The van der Waals surface area contributed by atoms with Gasteiger partial charge in [-0.1, -0.05) is 50.1 Å². The van der Waals surface area contributed by atoms with Crippen LogP contribution < -0.4 is 10.5 Å². The molecule has 2 N–H and O–H groups in total. The fourth-order valence-corrected chi connectivity index (χ4v) is 2.52. The third-order valence-corrected chi connectivity index (χ3v) is 3.75. The maximum absolute atomic E-state index is 5.78. The van der Waals surface area contributed by atoms with E-state index in [2.05, 4.69) is 31.9 Å². The van der Waals surface area contributed by atoms with Crippen LogP contribution in [-0.4, -0.2) is 0 Å². The Morgan fingerprint density at radius 1 is 1.06 bits per heavy atom. The van der Waals surface area contributed by atoms with E-state index in [1.807, 2.05) is 42.5 Å². The Hall–Kier alpha value is -0.840. The average Bonchev–Trinajstić information content (AvgIpc) is 2.37. The predicted octanol–water partition coefficient (Wildman–Crippen LogP) is 4.25. The van der Waals surface area contributed by atoms with Gasteiger partial charge in [0.1, 0.15) is 12.4 Å². The fraction of sp³-hybridized carbons (Fsp3) is 0.143. The maximum Gasteiger partial charge on any atom is 0.121 e. The first-order valence-electron chi connectivity index (χ1n) is 5.55. The highest BCUT2D eigenvalue weighted by Gasteiger charge is 2.02. The van der Waals surface area contributed by atoms with Crippen LogP contribution in [0.5, 0.6) is 5.75 Å². The van der Waals surface area contributed by atoms with Crippen LogP contribution >= 0.6 is 31.9 Å². The Morgan fingerprint density at radius 2 is 1.83 bits per heavy atom. The Morgan fingerprint density at radius 3 is 2.56 bits per heavy atom. The number of hydrogen-bond donors (Lipinski definition) is 1. The second-order valence-corrected chi connectivity index (χ2v) is 5.65. The summed E-state index contributed by atoms with van der Waals surface area (Å²) in [5.41, 5.74) is 7.80. The SMILES string of the molecule is NCc1cc(Br)cc(OCc2ccccc2Br)c1. The van der Waals surface area contributed by atoms with Crippen LogP contribution in [0.15, 0.2) is 51.4 Å². The highest BCUT2D eigenvalue weighted by Crippen LogP contribution is 2.23. The molecule has 0 atom stereocenters. The lowest BCUT2D eigenvalue weighted by Crippen LogP contribution is -1.99. The molecule has 2 rings (SSSR count). The van der Waals surface area contributed by atoms with Crippen molar-refractivity contribution >= 4 is 31.9 Å². The summed E-state index contributed by atoms with van der Waals surface area (Å²) in [6.07, 6.45) is 0. The van der Waals surface area contributed by atoms with Crippen molar-refractivity contribution in [3.05, 3.63) is 62.5 Å². The number of benzene rings is 2. The highest BCUT2D eigenvalue weighted by molar-refractivity contribution is 9.10. The van der Waals surface area contributed by atoms with Gasteiger partial charge in [-0.3, -0.25) is 0 Å². The largest absolute Gasteiger partial charge is 0.489 e. The lowest BCUT2D eigenvalue weighted by Gasteiger charge is -2.09. The molecule has 0 fully saturated rings. The van der Waals surface area contributed by atoms with E-state index in [0.717, 1.165) is 25.8 Å². The van der Waals surface area contributed by atoms with Crippen molar-refractivity contribution in [3.63, 3.8) is 0 Å². The Labute approximate surface area is 123 Å². The van der Waals surface area contributed by atoms with E-state index in [1.165, 1.54) is 0 Å². The maximum atomic E-state index is 5.78. The molecular weight excluding hydrogens is 358 g/mol. The van der Waals surface area contributed by atoms with E-state index in [-0.39, 0.29) is 0 Å². The van der Waals surface area contributed by atoms with Gasteiger partial charge >= 0.3 is 0 Å². The van der Waals surface area contributed by atoms with Crippen molar-refractivity contribution in [1.29, 1.82) is 0 Å². The van der Waals surface area contributed by atoms with E-state index in [0.29, 0.717) is 13.2 Å². The molecule has 4 heteroatoms. The molecule has 2 aromatic rings. The lowest BCUT2D eigenvalue weighted by molar-refractivity contribution is 0.305. The Bertz CT molecular complexity index is 543. The van der Waals surface area contributed by atoms with Crippen LogP contribution in [-0.2, 0) is 13.2 Å². The summed E-state index contributed by atoms with van der Waals surface area (Å²) >= 11 is 6.95. The molecule has 2 aromatic carbocycles. The van der Waals surface area contributed by atoms with Gasteiger partial charge < -0.3 is 10.5 Å². The smallest absolute Gasteiger partial charge is 0.121 e. The minimum absolute atomic E-state index is 0.505. The third-order valence-electron chi connectivity index (χ3n) is 2.52. The van der Waals surface area contributed by atoms with Gasteiger partial charge in [-0.25, -0.2) is 0 Å². The molecule has 0 spiro atoms. The molecule has 0 saturated carbocycles. The second-order valence-electron chi connectivity index (χ2n) is 3.88. The zero-order valence-electron chi connectivity index (χ0n) is 9.70. The molecule has 0 saturated heterocycles. The topological polar surface area (TPSA) is 35.2 Å². The molecule has 0 aliphatic rings. The van der Waals surface area contributed by atoms with Crippen LogP contribution in [0.4, 0.5) is 0 Å². The molecule has 0 aliphatic heterocycles. The minimum atomic E-state index is 0.505. The molecule has 0 aliphatic carbocycles. The molecule has 0 aromatic heterocycles. The summed E-state index contributed by atoms with van der Waals surface area (Å²) in [6, 6.07) is 13.9. The molecule has 0 amide bonds. The standard InChI is InChI=1S/C14H13Br2NO/c15-12-5-10(8-17)6-13(7-12)18-9-11-3-1-2-4-14(11)16/h1-7H,8-9,17H2. The second kappa shape index (κ2) is 6.36. The quantitative estimate of drug-likeness (QED) is 0.873. The number of rotatable bonds is 4. The average molecular weight is 371 g/mol. The van der Waals surface area contributed by atoms with Gasteiger partial charge in [0.2, 0.25) is 0 Å². The van der Waals surface area contributed by atoms with Gasteiger partial charge in [-0.2, -0.15) is 0 Å². The van der Waals surface area contributed by atoms with Crippen LogP contribution in [0.3, 0.4) is 0 Å². The number of halogens is 2. The molecule has 0 heterocycles. The molecule has 0 radical (unpaired) electrons. The summed E-state index contributed by atoms with van der Waals surface area (Å²) in [4.78, 5) is 0. The summed E-state index contributed by atoms with van der Waals surface area (Å²) in [5.74, 6) is 0.820. The molecule has 18 heavy (non-hydrogen) atoms. The van der Waals surface area contributed by atoms with E-state index >= 15 is 0 Å². The Kier molecular flexibility index (Phi) is 4.80. The van der Waals surface area contributed by atoms with Crippen LogP contribution in [0.25, 0.3) is 0 Å². The first kappa shape index (κ1) is 13.6. The van der Waals surface area contributed by atoms with Crippen molar-refractivity contribution in [1.82, 2.24) is 0 Å². The zero-order valence-corrected chi connectivity index (χ0v) is 12.9. The predicted molar refractivity (Wildman–Crippen MR) is 80.5 cm³/mol. The van der Waals surface area contributed by atoms with Gasteiger partial charge in [0.25, 0.3) is 0 Å². The normalized spacial score (nSPS) is 10.4. The minimum Gasteiger partial charge on any atom is -0.489 e. The number of hydrogen-bond acceptors (Lipinski definition) is 2. The monoisotopic (exact) mass is 369 g/mol. The molecule has 0 bridgehead atoms. The van der Waals surface area contributed by atoms with E-state index in [1.54, 1.807) is 0 Å². The van der Waals surface area contributed by atoms with E-state index in [9.17, 15) is 0 Å². The van der Waals surface area contributed by atoms with Crippen LogP contribution in [0.2, 0.25) is 0 Å². The summed E-state index contributed by atoms with van der Waals surface area (Å²) in [5, 5.41) is 0. The number of nitrogens with two attached hydrogens (primary N) is 1. The van der Waals surface area contributed by atoms with Gasteiger partial charge in [0.15, 0.2) is 0 Å². The molecule has 2 nitrogen and oxygen atoms in total. The zero-order chi connectivity index (χ0) is 13.0. The Balaban J connectivity index is 2.11. The van der Waals surface area contributed by atoms with E-state index in [4.69, 9.17) is 10.5 Å². The van der Waals surface area contributed by atoms with Crippen LogP contribution in [0.1, 0.15) is 11.1 Å². The van der Waals surface area contributed by atoms with Crippen LogP contribution in [0, 0.1) is 0 Å². The summed E-state index contributed by atoms with van der Waals surface area (Å²) in [6.45, 7) is 1.03. The fourth-order valence-electron chi connectivity index (χ4n) is 1.60. The van der Waals surface area contributed by atoms with Crippen molar-refractivity contribution in [2.45, 2.75) is 13.2 Å². The van der Waals surface area contributed by atoms with Crippen molar-refractivity contribution in [3.8, 4) is 5.75 Å². The van der Waals surface area contributed by atoms with Gasteiger partial charge in [-0.15, -0.1) is 0 Å². The van der Waals surface area contributed by atoms with Crippen molar-refractivity contribution < 1.29 is 4.74 Å². The first-order valence-corrected chi connectivity index (χ1v) is 7.13. The highest BCUT2D eigenvalue weighted by atomic mass is 79.9. The number of ether oxygens (including phenoxy) is 1. The third kappa shape index (κ3) is 3.57. The van der Waals surface area contributed by atoms with Gasteiger partial charge in [0, 0.05) is 21.1 Å². The molecule has 0 unspecified atom stereocenters. The van der Waals surface area contributed by atoms with E-state index < -0.39 is 0 Å².